The van der Waals surface area contributed by atoms with Crippen LogP contribution in [0.4, 0.5) is 10.2 Å². The second-order valence-corrected chi connectivity index (χ2v) is 8.06. The maximum absolute atomic E-state index is 14.1. The Hall–Kier alpha value is -2.98. The second-order valence-electron chi connectivity index (χ2n) is 8.06. The number of ether oxygens (including phenoxy) is 2. The summed E-state index contributed by atoms with van der Waals surface area (Å²) in [6, 6.07) is 5.39. The van der Waals surface area contributed by atoms with E-state index in [4.69, 9.17) is 15.2 Å². The van der Waals surface area contributed by atoms with E-state index >= 15 is 0 Å². The molecule has 1 amide bonds. The molecule has 2 aliphatic rings. The molecule has 2 saturated heterocycles. The van der Waals surface area contributed by atoms with E-state index < -0.39 is 17.3 Å². The van der Waals surface area contributed by atoms with Gasteiger partial charge in [-0.1, -0.05) is 0 Å². The number of halogens is 1. The number of primary amides is 1. The first-order valence-electron chi connectivity index (χ1n) is 10.9. The summed E-state index contributed by atoms with van der Waals surface area (Å²) < 4.78 is 26.7. The van der Waals surface area contributed by atoms with Crippen LogP contribution in [0.25, 0.3) is 5.69 Å². The van der Waals surface area contributed by atoms with E-state index in [0.29, 0.717) is 50.3 Å². The number of nitrogens with two attached hydrogens (primary N) is 1. The van der Waals surface area contributed by atoms with Crippen LogP contribution in [0.5, 0.6) is 5.75 Å². The van der Waals surface area contributed by atoms with Crippen LogP contribution in [-0.2, 0) is 16.0 Å². The summed E-state index contributed by atoms with van der Waals surface area (Å²) >= 11 is 0. The van der Waals surface area contributed by atoms with Gasteiger partial charge in [0, 0.05) is 25.2 Å². The van der Waals surface area contributed by atoms with E-state index in [1.807, 2.05) is 4.90 Å². The molecule has 3 heterocycles. The molecule has 2 aromatic rings. The highest BCUT2D eigenvalue weighted by molar-refractivity contribution is 5.76. The largest absolute Gasteiger partial charge is 0.491 e. The van der Waals surface area contributed by atoms with Gasteiger partial charge in [0.2, 0.25) is 5.91 Å². The zero-order valence-corrected chi connectivity index (χ0v) is 17.9. The number of rotatable bonds is 7. The van der Waals surface area contributed by atoms with Gasteiger partial charge in [0.15, 0.2) is 0 Å². The average molecular weight is 445 g/mol. The van der Waals surface area contributed by atoms with E-state index in [1.54, 1.807) is 0 Å². The van der Waals surface area contributed by atoms with Crippen molar-refractivity contribution in [3.63, 3.8) is 0 Å². The zero-order chi connectivity index (χ0) is 22.5. The van der Waals surface area contributed by atoms with E-state index in [1.165, 1.54) is 28.8 Å². The Morgan fingerprint density at radius 1 is 1.25 bits per heavy atom. The smallest absolute Gasteiger partial charge is 0.260 e. The summed E-state index contributed by atoms with van der Waals surface area (Å²) in [6.45, 7) is 4.49. The Morgan fingerprint density at radius 2 is 2.00 bits per heavy atom. The number of nitrogens with one attached hydrogen (secondary N) is 1. The number of piperidine rings is 1. The Labute approximate surface area is 185 Å². The molecule has 9 nitrogen and oxygen atoms in total. The molecule has 1 aromatic carbocycles. The molecule has 0 saturated carbocycles. The number of hydrogen-bond donors (Lipinski definition) is 2. The highest BCUT2D eigenvalue weighted by Gasteiger charge is 2.21. The van der Waals surface area contributed by atoms with Gasteiger partial charge in [0.25, 0.3) is 5.56 Å². The van der Waals surface area contributed by atoms with Crippen LogP contribution >= 0.6 is 0 Å². The van der Waals surface area contributed by atoms with Crippen LogP contribution in [0.2, 0.25) is 0 Å². The highest BCUT2D eigenvalue weighted by atomic mass is 19.1. The SMILES string of the molecule is NC(=O)Cc1nc(N2CCOCC2)cc(=O)n1-c1ccc(F)cc1OCC1CCNCC1. The predicted octanol–water partition coefficient (Wildman–Crippen LogP) is 0.614. The predicted molar refractivity (Wildman–Crippen MR) is 117 cm³/mol. The molecule has 0 atom stereocenters. The lowest BCUT2D eigenvalue weighted by Gasteiger charge is -2.28. The molecule has 2 fully saturated rings. The van der Waals surface area contributed by atoms with Gasteiger partial charge < -0.3 is 25.4 Å². The highest BCUT2D eigenvalue weighted by Crippen LogP contribution is 2.26. The molecule has 0 spiro atoms. The fourth-order valence-corrected chi connectivity index (χ4v) is 4.05. The first-order chi connectivity index (χ1) is 15.5. The first kappa shape index (κ1) is 22.2. The number of carbonyl (C=O) groups is 1. The van der Waals surface area contributed by atoms with Crippen LogP contribution in [0.1, 0.15) is 18.7 Å². The summed E-state index contributed by atoms with van der Waals surface area (Å²) in [5.74, 6) is 0.128. The zero-order valence-electron chi connectivity index (χ0n) is 17.9. The van der Waals surface area contributed by atoms with Crippen LogP contribution in [0.15, 0.2) is 29.1 Å². The lowest BCUT2D eigenvalue weighted by Crippen LogP contribution is -2.38. The Balaban J connectivity index is 1.71. The van der Waals surface area contributed by atoms with Gasteiger partial charge in [-0.25, -0.2) is 9.37 Å². The molecule has 3 N–H and O–H groups in total. The fraction of sp³-hybridized carbons (Fsp3) is 0.500. The number of nitrogens with zero attached hydrogens (tertiary/aromatic N) is 3. The van der Waals surface area contributed by atoms with Gasteiger partial charge in [-0.15, -0.1) is 0 Å². The van der Waals surface area contributed by atoms with E-state index in [-0.39, 0.29) is 18.0 Å². The number of carbonyl (C=O) groups excluding carboxylic acids is 1. The molecule has 0 bridgehead atoms. The maximum Gasteiger partial charge on any atom is 0.260 e. The first-order valence-corrected chi connectivity index (χ1v) is 10.9. The van der Waals surface area contributed by atoms with Gasteiger partial charge in [-0.3, -0.25) is 14.2 Å². The molecule has 172 valence electrons. The molecular weight excluding hydrogens is 417 g/mol. The summed E-state index contributed by atoms with van der Waals surface area (Å²) in [6.07, 6.45) is 1.69. The van der Waals surface area contributed by atoms with Gasteiger partial charge >= 0.3 is 0 Å². The summed E-state index contributed by atoms with van der Waals surface area (Å²) in [5.41, 5.74) is 5.39. The minimum absolute atomic E-state index is 0.185. The summed E-state index contributed by atoms with van der Waals surface area (Å²) in [4.78, 5) is 31.4. The number of anilines is 1. The van der Waals surface area contributed by atoms with Crippen LogP contribution < -0.4 is 26.2 Å². The minimum Gasteiger partial charge on any atom is -0.491 e. The van der Waals surface area contributed by atoms with E-state index in [0.717, 1.165) is 25.9 Å². The fourth-order valence-electron chi connectivity index (χ4n) is 4.05. The quantitative estimate of drug-likeness (QED) is 0.642. The van der Waals surface area contributed by atoms with Crippen LogP contribution in [0, 0.1) is 11.7 Å². The molecule has 0 radical (unpaired) electrons. The van der Waals surface area contributed by atoms with E-state index in [9.17, 15) is 14.0 Å². The van der Waals surface area contributed by atoms with Crippen molar-refractivity contribution in [1.29, 1.82) is 0 Å². The number of benzene rings is 1. The number of aromatic nitrogens is 2. The summed E-state index contributed by atoms with van der Waals surface area (Å²) in [5, 5.41) is 3.30. The van der Waals surface area contributed by atoms with E-state index in [2.05, 4.69) is 10.3 Å². The third kappa shape index (κ3) is 5.25. The van der Waals surface area contributed by atoms with Gasteiger partial charge in [0.1, 0.15) is 23.2 Å². The lowest BCUT2D eigenvalue weighted by atomic mass is 9.99. The third-order valence-electron chi connectivity index (χ3n) is 5.74. The maximum atomic E-state index is 14.1. The Morgan fingerprint density at radius 3 is 2.72 bits per heavy atom. The Bertz CT molecular complexity index is 1020. The molecule has 4 rings (SSSR count). The minimum atomic E-state index is -0.621. The number of morpholine rings is 1. The molecule has 2 aliphatic heterocycles. The normalized spacial score (nSPS) is 17.3. The monoisotopic (exact) mass is 445 g/mol. The Kier molecular flexibility index (Phi) is 7.01. The van der Waals surface area contributed by atoms with Gasteiger partial charge in [0.05, 0.1) is 31.9 Å². The molecule has 0 unspecified atom stereocenters. The van der Waals surface area contributed by atoms with Crippen molar-refractivity contribution < 1.29 is 18.7 Å². The van der Waals surface area contributed by atoms with Gasteiger partial charge in [-0.05, 0) is 44.0 Å². The summed E-state index contributed by atoms with van der Waals surface area (Å²) in [7, 11) is 0. The molecular formula is C22H28FN5O4. The van der Waals surface area contributed by atoms with Crippen molar-refractivity contribution in [3.8, 4) is 11.4 Å². The second kappa shape index (κ2) is 10.1. The van der Waals surface area contributed by atoms with Crippen molar-refractivity contribution in [2.45, 2.75) is 19.3 Å². The number of amides is 1. The van der Waals surface area contributed by atoms with Crippen molar-refractivity contribution in [2.75, 3.05) is 50.9 Å². The average Bonchev–Trinajstić information content (AvgIpc) is 2.79. The van der Waals surface area contributed by atoms with Crippen LogP contribution in [0.3, 0.4) is 0 Å². The molecule has 10 heteroatoms. The molecule has 1 aromatic heterocycles. The molecule has 32 heavy (non-hydrogen) atoms. The lowest BCUT2D eigenvalue weighted by molar-refractivity contribution is -0.117. The standard InChI is InChI=1S/C22H28FN5O4/c23-16-1-2-17(18(11-16)32-14-15-3-5-25-6-4-15)28-21(12-19(24)29)26-20(13-22(28)30)27-7-9-31-10-8-27/h1-2,11,13,15,25H,3-10,12,14H2,(H2,24,29). The van der Waals surface area contributed by atoms with Crippen LogP contribution in [-0.4, -0.2) is 61.5 Å². The van der Waals surface area contributed by atoms with Crippen molar-refractivity contribution >= 4 is 11.7 Å². The van der Waals surface area contributed by atoms with Crippen molar-refractivity contribution in [1.82, 2.24) is 14.9 Å². The third-order valence-corrected chi connectivity index (χ3v) is 5.74. The number of hydrogen-bond acceptors (Lipinski definition) is 7. The molecule has 0 aliphatic carbocycles. The van der Waals surface area contributed by atoms with Crippen molar-refractivity contribution in [3.05, 3.63) is 46.3 Å². The van der Waals surface area contributed by atoms with Gasteiger partial charge in [-0.2, -0.15) is 0 Å². The topological polar surface area (TPSA) is 112 Å². The van der Waals surface area contributed by atoms with Crippen molar-refractivity contribution in [2.24, 2.45) is 11.7 Å².